The fraction of sp³-hybridized carbons (Fsp3) is 0.222. The minimum Gasteiger partial charge on any atom is -0.462 e. The summed E-state index contributed by atoms with van der Waals surface area (Å²) in [4.78, 5) is 41.5. The molecule has 1 fully saturated rings. The molecule has 0 radical (unpaired) electrons. The molecule has 2 amide bonds. The Morgan fingerprint density at radius 2 is 1.19 bits per heavy atom. The molecule has 1 aliphatic heterocycles. The van der Waals surface area contributed by atoms with E-state index in [1.165, 1.54) is 4.90 Å². The molecule has 32 heavy (non-hydrogen) atoms. The van der Waals surface area contributed by atoms with E-state index in [2.05, 4.69) is 24.3 Å². The third kappa shape index (κ3) is 2.36. The van der Waals surface area contributed by atoms with E-state index in [-0.39, 0.29) is 35.8 Å². The van der Waals surface area contributed by atoms with Crippen LogP contribution in [0.3, 0.4) is 0 Å². The first-order chi connectivity index (χ1) is 15.6. The summed E-state index contributed by atoms with van der Waals surface area (Å²) in [6, 6.07) is 23.0. The molecule has 2 atom stereocenters. The first kappa shape index (κ1) is 19.0. The van der Waals surface area contributed by atoms with Crippen molar-refractivity contribution >= 4 is 23.5 Å². The van der Waals surface area contributed by atoms with Crippen molar-refractivity contribution in [3.05, 3.63) is 101 Å². The van der Waals surface area contributed by atoms with Gasteiger partial charge < -0.3 is 4.74 Å². The highest BCUT2D eigenvalue weighted by molar-refractivity contribution is 6.25. The molecule has 3 aliphatic carbocycles. The van der Waals surface area contributed by atoms with Crippen LogP contribution in [-0.2, 0) is 14.3 Å². The van der Waals surface area contributed by atoms with E-state index in [1.807, 2.05) is 24.3 Å². The predicted octanol–water partition coefficient (Wildman–Crippen LogP) is 4.26. The molecule has 4 aliphatic rings. The van der Waals surface area contributed by atoms with Gasteiger partial charge in [-0.15, -0.1) is 0 Å². The highest BCUT2D eigenvalue weighted by Crippen LogP contribution is 2.61. The molecule has 0 aromatic heterocycles. The van der Waals surface area contributed by atoms with Gasteiger partial charge in [0.1, 0.15) is 0 Å². The standard InChI is InChI=1S/C27H21NO4/c1-2-32-27(31)19-13-7-8-14-20(19)28-25(29)23-21-15-9-3-4-10-16(15)22(24(23)26(28)30)18-12-6-5-11-17(18)21/h3-14,21-24H,2H2,1H3/t21?,22?,23-,24+. The van der Waals surface area contributed by atoms with Crippen LogP contribution < -0.4 is 4.90 Å². The van der Waals surface area contributed by atoms with E-state index in [1.54, 1.807) is 31.2 Å². The van der Waals surface area contributed by atoms with Crippen LogP contribution in [0.25, 0.3) is 0 Å². The smallest absolute Gasteiger partial charge is 0.340 e. The van der Waals surface area contributed by atoms with Crippen LogP contribution in [-0.4, -0.2) is 24.4 Å². The Balaban J connectivity index is 1.53. The van der Waals surface area contributed by atoms with Crippen molar-refractivity contribution in [2.75, 3.05) is 11.5 Å². The molecule has 3 aromatic rings. The minimum absolute atomic E-state index is 0.173. The van der Waals surface area contributed by atoms with Crippen LogP contribution in [0.5, 0.6) is 0 Å². The molecule has 0 saturated carbocycles. The lowest BCUT2D eigenvalue weighted by atomic mass is 9.55. The van der Waals surface area contributed by atoms with Crippen LogP contribution in [0.2, 0.25) is 0 Å². The predicted molar refractivity (Wildman–Crippen MR) is 118 cm³/mol. The minimum atomic E-state index is -0.534. The third-order valence-electron chi connectivity index (χ3n) is 7.09. The van der Waals surface area contributed by atoms with Crippen molar-refractivity contribution in [2.24, 2.45) is 11.8 Å². The summed E-state index contributed by atoms with van der Waals surface area (Å²) < 4.78 is 5.19. The Morgan fingerprint density at radius 1 is 0.750 bits per heavy atom. The monoisotopic (exact) mass is 423 g/mol. The Bertz CT molecular complexity index is 1180. The van der Waals surface area contributed by atoms with E-state index in [0.29, 0.717) is 5.69 Å². The normalized spacial score (nSPS) is 24.7. The zero-order valence-corrected chi connectivity index (χ0v) is 17.5. The number of nitrogens with zero attached hydrogens (tertiary/aromatic N) is 1. The van der Waals surface area contributed by atoms with E-state index >= 15 is 0 Å². The first-order valence-corrected chi connectivity index (χ1v) is 10.9. The van der Waals surface area contributed by atoms with Crippen molar-refractivity contribution in [2.45, 2.75) is 18.8 Å². The summed E-state index contributed by atoms with van der Waals surface area (Å²) in [7, 11) is 0. The van der Waals surface area contributed by atoms with E-state index in [0.717, 1.165) is 22.3 Å². The molecule has 5 nitrogen and oxygen atoms in total. The average molecular weight is 423 g/mol. The first-order valence-electron chi connectivity index (χ1n) is 10.9. The number of benzene rings is 3. The molecule has 0 spiro atoms. The number of carbonyl (C=O) groups excluding carboxylic acids is 3. The number of imide groups is 1. The van der Waals surface area contributed by atoms with Crippen LogP contribution in [0.1, 0.15) is 51.4 Å². The van der Waals surface area contributed by atoms with Crippen molar-refractivity contribution in [1.82, 2.24) is 0 Å². The number of para-hydroxylation sites is 1. The lowest BCUT2D eigenvalue weighted by molar-refractivity contribution is -0.122. The molecule has 0 unspecified atom stereocenters. The van der Waals surface area contributed by atoms with Crippen molar-refractivity contribution < 1.29 is 19.1 Å². The fourth-order valence-corrected chi connectivity index (χ4v) is 5.96. The summed E-state index contributed by atoms with van der Waals surface area (Å²) in [5.74, 6) is -2.32. The molecule has 0 N–H and O–H groups in total. The Labute approximate surface area is 185 Å². The maximum atomic E-state index is 13.8. The second kappa shape index (κ2) is 6.89. The molecule has 5 heteroatoms. The Kier molecular flexibility index (Phi) is 4.09. The lowest BCUT2D eigenvalue weighted by Crippen LogP contribution is -2.41. The van der Waals surface area contributed by atoms with Crippen molar-refractivity contribution in [3.63, 3.8) is 0 Å². The van der Waals surface area contributed by atoms with E-state index in [9.17, 15) is 14.4 Å². The van der Waals surface area contributed by atoms with Crippen LogP contribution in [0.15, 0.2) is 72.8 Å². The number of esters is 1. The molecule has 1 saturated heterocycles. The number of hydrogen-bond donors (Lipinski definition) is 0. The van der Waals surface area contributed by atoms with Gasteiger partial charge in [-0.25, -0.2) is 9.69 Å². The summed E-state index contributed by atoms with van der Waals surface area (Å²) in [6.07, 6.45) is 0. The number of amides is 2. The number of rotatable bonds is 3. The third-order valence-corrected chi connectivity index (χ3v) is 7.09. The topological polar surface area (TPSA) is 63.7 Å². The highest BCUT2D eigenvalue weighted by atomic mass is 16.5. The Hall–Kier alpha value is -3.73. The SMILES string of the molecule is CCOC(=O)c1ccccc1N1C(=O)[C@@H]2C3c4ccccc4C(c4ccccc43)[C@@H]2C1=O. The van der Waals surface area contributed by atoms with Gasteiger partial charge in [0.05, 0.1) is 29.7 Å². The summed E-state index contributed by atoms with van der Waals surface area (Å²) in [6.45, 7) is 1.95. The van der Waals surface area contributed by atoms with E-state index in [4.69, 9.17) is 4.74 Å². The van der Waals surface area contributed by atoms with Gasteiger partial charge in [-0.3, -0.25) is 9.59 Å². The van der Waals surface area contributed by atoms with Gasteiger partial charge >= 0.3 is 5.97 Å². The van der Waals surface area contributed by atoms with Crippen LogP contribution in [0.4, 0.5) is 5.69 Å². The zero-order chi connectivity index (χ0) is 22.0. The molecule has 1 heterocycles. The molecule has 2 bridgehead atoms. The highest BCUT2D eigenvalue weighted by Gasteiger charge is 2.62. The van der Waals surface area contributed by atoms with Crippen molar-refractivity contribution in [3.8, 4) is 0 Å². The van der Waals surface area contributed by atoms with Crippen molar-refractivity contribution in [1.29, 1.82) is 0 Å². The molecule has 3 aromatic carbocycles. The Morgan fingerprint density at radius 3 is 1.66 bits per heavy atom. The average Bonchev–Trinajstić information content (AvgIpc) is 3.09. The molecule has 158 valence electrons. The molecule has 7 rings (SSSR count). The zero-order valence-electron chi connectivity index (χ0n) is 17.5. The van der Waals surface area contributed by atoms with Gasteiger partial charge in [-0.05, 0) is 41.3 Å². The van der Waals surface area contributed by atoms with Gasteiger partial charge in [-0.1, -0.05) is 60.7 Å². The largest absolute Gasteiger partial charge is 0.462 e. The van der Waals surface area contributed by atoms with Gasteiger partial charge in [0.15, 0.2) is 0 Å². The van der Waals surface area contributed by atoms with Gasteiger partial charge in [0.2, 0.25) is 11.8 Å². The lowest BCUT2D eigenvalue weighted by Gasteiger charge is -2.45. The number of ether oxygens (including phenoxy) is 1. The van der Waals surface area contributed by atoms with Gasteiger partial charge in [-0.2, -0.15) is 0 Å². The maximum absolute atomic E-state index is 13.8. The maximum Gasteiger partial charge on any atom is 0.340 e. The molecular weight excluding hydrogens is 402 g/mol. The summed E-state index contributed by atoms with van der Waals surface area (Å²) in [5.41, 5.74) is 5.04. The fourth-order valence-electron chi connectivity index (χ4n) is 5.96. The number of anilines is 1. The van der Waals surface area contributed by atoms with E-state index < -0.39 is 17.8 Å². The van der Waals surface area contributed by atoms with Gasteiger partial charge in [0.25, 0.3) is 0 Å². The van der Waals surface area contributed by atoms with Gasteiger partial charge in [0, 0.05) is 11.8 Å². The van der Waals surface area contributed by atoms with Crippen LogP contribution in [0, 0.1) is 11.8 Å². The van der Waals surface area contributed by atoms with Crippen LogP contribution >= 0.6 is 0 Å². The molecular formula is C27H21NO4. The number of carbonyl (C=O) groups is 3. The summed E-state index contributed by atoms with van der Waals surface area (Å²) in [5, 5.41) is 0. The number of hydrogen-bond acceptors (Lipinski definition) is 4. The summed E-state index contributed by atoms with van der Waals surface area (Å²) >= 11 is 0. The second-order valence-electron chi connectivity index (χ2n) is 8.51. The quantitative estimate of drug-likeness (QED) is 0.467. The second-order valence-corrected chi connectivity index (χ2v) is 8.51.